The predicted octanol–water partition coefficient (Wildman–Crippen LogP) is 3.84. The van der Waals surface area contributed by atoms with Gasteiger partial charge in [0.15, 0.2) is 0 Å². The van der Waals surface area contributed by atoms with Crippen LogP contribution in [0, 0.1) is 0 Å². The number of fused-ring (bicyclic) bond motifs is 1. The quantitative estimate of drug-likeness (QED) is 0.731. The predicted molar refractivity (Wildman–Crippen MR) is 105 cm³/mol. The molecular weight excluding hydrogens is 362 g/mol. The first-order valence-corrected chi connectivity index (χ1v) is 10.4. The third-order valence-corrected chi connectivity index (χ3v) is 6.91. The number of carbonyl (C=O) groups excluding carboxylic acids is 1. The van der Waals surface area contributed by atoms with Gasteiger partial charge in [0.25, 0.3) is 16.5 Å². The molecule has 144 valence electrons. The van der Waals surface area contributed by atoms with Crippen molar-refractivity contribution in [1.29, 1.82) is 0 Å². The van der Waals surface area contributed by atoms with Gasteiger partial charge in [-0.2, -0.15) is 0 Å². The van der Waals surface area contributed by atoms with E-state index >= 15 is 0 Å². The Morgan fingerprint density at radius 1 is 1.11 bits per heavy atom. The van der Waals surface area contributed by atoms with E-state index in [9.17, 15) is 13.2 Å². The van der Waals surface area contributed by atoms with Crippen molar-refractivity contribution in [2.45, 2.75) is 50.0 Å². The Labute approximate surface area is 161 Å². The van der Waals surface area contributed by atoms with Crippen LogP contribution in [0.25, 0.3) is 0 Å². The molecule has 0 radical (unpaired) electrons. The number of carbonyl (C=O) groups is 1. The van der Waals surface area contributed by atoms with Crippen molar-refractivity contribution in [3.05, 3.63) is 59.7 Å². The molecule has 0 saturated heterocycles. The van der Waals surface area contributed by atoms with Crippen LogP contribution in [0.3, 0.4) is 0 Å². The van der Waals surface area contributed by atoms with E-state index in [1.54, 1.807) is 25.1 Å². The van der Waals surface area contributed by atoms with Crippen LogP contribution < -0.4 is 4.31 Å². The number of sulfonamides is 1. The Morgan fingerprint density at radius 3 is 2.33 bits per heavy atom. The zero-order valence-electron chi connectivity index (χ0n) is 16.0. The molecule has 0 spiro atoms. The fourth-order valence-corrected chi connectivity index (χ4v) is 4.99. The van der Waals surface area contributed by atoms with Gasteiger partial charge in [-0.15, -0.1) is 0 Å². The lowest BCUT2D eigenvalue weighted by Crippen LogP contribution is -2.32. The van der Waals surface area contributed by atoms with Gasteiger partial charge in [0.2, 0.25) is 0 Å². The molecule has 3 rings (SSSR count). The number of hydrogen-bond donors (Lipinski definition) is 0. The summed E-state index contributed by atoms with van der Waals surface area (Å²) in [5, 5.41) is 0. The number of nitrogens with zero attached hydrogens (tertiary/aromatic N) is 1. The van der Waals surface area contributed by atoms with Crippen LogP contribution in [0.5, 0.6) is 0 Å². The number of hydrogen-bond acceptors (Lipinski definition) is 4. The van der Waals surface area contributed by atoms with E-state index < -0.39 is 16.1 Å². The first kappa shape index (κ1) is 19.4. The summed E-state index contributed by atoms with van der Waals surface area (Å²) in [7, 11) is -3.71. The number of benzene rings is 2. The number of anilines is 1. The number of rotatable bonds is 5. The standard InChI is InChI=1S/C21H25NO4S/c1-15(26-14-23)19-13-22(20-8-6-5-7-18(19)20)27(24,25)17-11-9-16(10-12-17)21(2,3)4/h5-12,14-15,19H,13H2,1-4H3. The van der Waals surface area contributed by atoms with Gasteiger partial charge in [-0.1, -0.05) is 51.1 Å². The smallest absolute Gasteiger partial charge is 0.293 e. The highest BCUT2D eigenvalue weighted by atomic mass is 32.2. The Kier molecular flexibility index (Phi) is 5.04. The van der Waals surface area contributed by atoms with E-state index in [4.69, 9.17) is 4.74 Å². The van der Waals surface area contributed by atoms with Crippen molar-refractivity contribution < 1.29 is 17.9 Å². The van der Waals surface area contributed by atoms with E-state index in [-0.39, 0.29) is 22.8 Å². The largest absolute Gasteiger partial charge is 0.464 e. The average molecular weight is 388 g/mol. The highest BCUT2D eigenvalue weighted by Gasteiger charge is 2.39. The molecule has 0 fully saturated rings. The van der Waals surface area contributed by atoms with Gasteiger partial charge in [-0.05, 0) is 41.7 Å². The molecule has 0 N–H and O–H groups in total. The maximum Gasteiger partial charge on any atom is 0.293 e. The fraction of sp³-hybridized carbons (Fsp3) is 0.381. The maximum atomic E-state index is 13.3. The highest BCUT2D eigenvalue weighted by molar-refractivity contribution is 7.92. The molecule has 0 aromatic heterocycles. The second kappa shape index (κ2) is 7.00. The molecule has 2 aromatic carbocycles. The molecule has 0 saturated carbocycles. The summed E-state index contributed by atoms with van der Waals surface area (Å²) in [6.45, 7) is 8.71. The van der Waals surface area contributed by atoms with Crippen LogP contribution in [0.2, 0.25) is 0 Å². The van der Waals surface area contributed by atoms with Crippen molar-refractivity contribution in [2.24, 2.45) is 0 Å². The lowest BCUT2D eigenvalue weighted by Gasteiger charge is -2.23. The van der Waals surface area contributed by atoms with Gasteiger partial charge >= 0.3 is 0 Å². The van der Waals surface area contributed by atoms with Crippen LogP contribution in [0.1, 0.15) is 44.7 Å². The summed E-state index contributed by atoms with van der Waals surface area (Å²) in [5.41, 5.74) is 2.55. The molecule has 0 aliphatic carbocycles. The molecule has 6 heteroatoms. The minimum Gasteiger partial charge on any atom is -0.464 e. The summed E-state index contributed by atoms with van der Waals surface area (Å²) in [6, 6.07) is 14.4. The van der Waals surface area contributed by atoms with Crippen LogP contribution in [0.4, 0.5) is 5.69 Å². The second-order valence-corrected chi connectivity index (χ2v) is 9.78. The SMILES string of the molecule is CC(OC=O)C1CN(S(=O)(=O)c2ccc(C(C)(C)C)cc2)c2ccccc21. The van der Waals surface area contributed by atoms with Gasteiger partial charge in [0.1, 0.15) is 6.10 Å². The van der Waals surface area contributed by atoms with Crippen LogP contribution in [-0.4, -0.2) is 27.5 Å². The molecule has 5 nitrogen and oxygen atoms in total. The van der Waals surface area contributed by atoms with Crippen molar-refractivity contribution in [2.75, 3.05) is 10.8 Å². The lowest BCUT2D eigenvalue weighted by atomic mass is 9.87. The molecule has 27 heavy (non-hydrogen) atoms. The van der Waals surface area contributed by atoms with Crippen molar-refractivity contribution in [1.82, 2.24) is 0 Å². The average Bonchev–Trinajstić information content (AvgIpc) is 3.02. The second-order valence-electron chi connectivity index (χ2n) is 7.91. The van der Waals surface area contributed by atoms with Crippen LogP contribution in [0.15, 0.2) is 53.4 Å². The molecular formula is C21H25NO4S. The summed E-state index contributed by atoms with van der Waals surface area (Å²) in [4.78, 5) is 11.0. The first-order chi connectivity index (χ1) is 12.7. The molecule has 1 heterocycles. The minimum absolute atomic E-state index is 0.0464. The van der Waals surface area contributed by atoms with E-state index in [2.05, 4.69) is 20.8 Å². The third kappa shape index (κ3) is 3.58. The van der Waals surface area contributed by atoms with Crippen molar-refractivity contribution in [3.8, 4) is 0 Å². The summed E-state index contributed by atoms with van der Waals surface area (Å²) in [6.07, 6.45) is -0.410. The molecule has 0 bridgehead atoms. The Morgan fingerprint density at radius 2 is 1.74 bits per heavy atom. The van der Waals surface area contributed by atoms with Gasteiger partial charge < -0.3 is 4.74 Å². The molecule has 2 aromatic rings. The summed E-state index contributed by atoms with van der Waals surface area (Å²) in [5.74, 6) is -0.199. The topological polar surface area (TPSA) is 63.7 Å². The monoisotopic (exact) mass is 387 g/mol. The first-order valence-electron chi connectivity index (χ1n) is 8.97. The zero-order chi connectivity index (χ0) is 19.8. The van der Waals surface area contributed by atoms with Crippen LogP contribution in [-0.2, 0) is 25.0 Å². The van der Waals surface area contributed by atoms with Gasteiger partial charge in [-0.3, -0.25) is 9.10 Å². The van der Waals surface area contributed by atoms with Gasteiger partial charge in [0, 0.05) is 12.5 Å². The summed E-state index contributed by atoms with van der Waals surface area (Å²) >= 11 is 0. The van der Waals surface area contributed by atoms with Crippen LogP contribution >= 0.6 is 0 Å². The van der Waals surface area contributed by atoms with E-state index in [0.717, 1.165) is 11.1 Å². The van der Waals surface area contributed by atoms with E-state index in [1.165, 1.54) is 4.31 Å². The molecule has 1 aliphatic heterocycles. The third-order valence-electron chi connectivity index (χ3n) is 5.11. The molecule has 1 aliphatic rings. The number of para-hydroxylation sites is 1. The lowest BCUT2D eigenvalue weighted by molar-refractivity contribution is -0.133. The molecule has 0 amide bonds. The van der Waals surface area contributed by atoms with Gasteiger partial charge in [-0.25, -0.2) is 8.42 Å². The van der Waals surface area contributed by atoms with E-state index in [0.29, 0.717) is 12.2 Å². The maximum absolute atomic E-state index is 13.3. The zero-order valence-corrected chi connectivity index (χ0v) is 16.9. The minimum atomic E-state index is -3.71. The fourth-order valence-electron chi connectivity index (χ4n) is 3.47. The van der Waals surface area contributed by atoms with Gasteiger partial charge in [0.05, 0.1) is 10.6 Å². The molecule has 2 atom stereocenters. The molecule has 2 unspecified atom stereocenters. The normalized spacial score (nSPS) is 18.1. The van der Waals surface area contributed by atoms with Crippen molar-refractivity contribution >= 4 is 22.2 Å². The highest BCUT2D eigenvalue weighted by Crippen LogP contribution is 2.41. The van der Waals surface area contributed by atoms with Crippen molar-refractivity contribution in [3.63, 3.8) is 0 Å². The Hall–Kier alpha value is -2.34. The van der Waals surface area contributed by atoms with E-state index in [1.807, 2.05) is 30.3 Å². The summed E-state index contributed by atoms with van der Waals surface area (Å²) < 4.78 is 33.1. The number of ether oxygens (including phenoxy) is 1. The Balaban J connectivity index is 1.99. The Bertz CT molecular complexity index is 929.